The van der Waals surface area contributed by atoms with Gasteiger partial charge in [0.05, 0.1) is 10.5 Å². The molecule has 0 aliphatic rings. The quantitative estimate of drug-likeness (QED) is 0.605. The van der Waals surface area contributed by atoms with E-state index in [9.17, 15) is 15.2 Å². The van der Waals surface area contributed by atoms with Gasteiger partial charge < -0.3 is 10.4 Å². The first-order valence-corrected chi connectivity index (χ1v) is 5.46. The molecule has 0 radical (unpaired) electrons. The summed E-state index contributed by atoms with van der Waals surface area (Å²) in [5.74, 6) is 0. The highest BCUT2D eigenvalue weighted by Gasteiger charge is 2.13. The molecule has 0 saturated heterocycles. The van der Waals surface area contributed by atoms with Gasteiger partial charge in [0, 0.05) is 24.7 Å². The van der Waals surface area contributed by atoms with Crippen molar-refractivity contribution < 1.29 is 10.0 Å². The van der Waals surface area contributed by atoms with Crippen LogP contribution in [-0.2, 0) is 6.54 Å². The minimum atomic E-state index is -0.781. The number of hydrogen-bond acceptors (Lipinski definition) is 4. The Morgan fingerprint density at radius 3 is 2.65 bits per heavy atom. The molecule has 0 fully saturated rings. The number of nitrogens with zero attached hydrogens (tertiary/aromatic N) is 1. The van der Waals surface area contributed by atoms with Crippen LogP contribution in [-0.4, -0.2) is 22.2 Å². The third kappa shape index (κ3) is 4.50. The highest BCUT2D eigenvalue weighted by Crippen LogP contribution is 2.19. The molecule has 0 atom stereocenters. The van der Waals surface area contributed by atoms with Crippen LogP contribution in [0, 0.1) is 17.0 Å². The van der Waals surface area contributed by atoms with Crippen molar-refractivity contribution in [3.8, 4) is 0 Å². The van der Waals surface area contributed by atoms with E-state index in [-0.39, 0.29) is 10.6 Å². The van der Waals surface area contributed by atoms with Crippen molar-refractivity contribution in [2.75, 3.05) is 6.54 Å². The summed E-state index contributed by atoms with van der Waals surface area (Å²) in [5, 5.41) is 23.3. The predicted molar refractivity (Wildman–Crippen MR) is 65.8 cm³/mol. The van der Waals surface area contributed by atoms with Crippen LogP contribution in [0.1, 0.15) is 25.0 Å². The summed E-state index contributed by atoms with van der Waals surface area (Å²) >= 11 is 0. The Morgan fingerprint density at radius 2 is 2.12 bits per heavy atom. The van der Waals surface area contributed by atoms with E-state index in [0.717, 1.165) is 5.56 Å². The molecule has 1 rings (SSSR count). The van der Waals surface area contributed by atoms with Gasteiger partial charge in [0.15, 0.2) is 0 Å². The van der Waals surface area contributed by atoms with E-state index in [0.29, 0.717) is 18.7 Å². The molecule has 1 aromatic rings. The highest BCUT2D eigenvalue weighted by atomic mass is 16.6. The second-order valence-electron chi connectivity index (χ2n) is 4.79. The number of nitro groups is 1. The third-order valence-electron chi connectivity index (χ3n) is 2.36. The molecule has 94 valence electrons. The van der Waals surface area contributed by atoms with Gasteiger partial charge in [-0.3, -0.25) is 10.1 Å². The largest absolute Gasteiger partial charge is 0.389 e. The fraction of sp³-hybridized carbons (Fsp3) is 0.500. The average molecular weight is 238 g/mol. The van der Waals surface area contributed by atoms with Gasteiger partial charge in [0.2, 0.25) is 0 Å². The maximum absolute atomic E-state index is 10.8. The van der Waals surface area contributed by atoms with E-state index in [1.165, 1.54) is 0 Å². The lowest BCUT2D eigenvalue weighted by atomic mass is 10.1. The topological polar surface area (TPSA) is 75.4 Å². The lowest BCUT2D eigenvalue weighted by molar-refractivity contribution is -0.385. The zero-order valence-electron chi connectivity index (χ0n) is 10.4. The molecule has 5 nitrogen and oxygen atoms in total. The number of benzene rings is 1. The lowest BCUT2D eigenvalue weighted by Crippen LogP contribution is -2.34. The smallest absolute Gasteiger partial charge is 0.272 e. The van der Waals surface area contributed by atoms with Gasteiger partial charge in [0.1, 0.15) is 0 Å². The Hall–Kier alpha value is -1.46. The fourth-order valence-corrected chi connectivity index (χ4v) is 1.47. The number of aliphatic hydroxyl groups is 1. The lowest BCUT2D eigenvalue weighted by Gasteiger charge is -2.17. The molecule has 5 heteroatoms. The average Bonchev–Trinajstić information content (AvgIpc) is 2.18. The molecule has 1 aromatic carbocycles. The SMILES string of the molecule is Cc1ccc(CNCC(C)(C)O)cc1[N+](=O)[O-]. The second-order valence-corrected chi connectivity index (χ2v) is 4.79. The molecule has 2 N–H and O–H groups in total. The number of nitrogens with one attached hydrogen (secondary N) is 1. The van der Waals surface area contributed by atoms with Crippen LogP contribution in [0.4, 0.5) is 5.69 Å². The molecule has 0 spiro atoms. The minimum absolute atomic E-state index is 0.132. The molecular formula is C12H18N2O3. The minimum Gasteiger partial charge on any atom is -0.389 e. The van der Waals surface area contributed by atoms with Crippen molar-refractivity contribution in [3.63, 3.8) is 0 Å². The summed E-state index contributed by atoms with van der Waals surface area (Å²) in [6, 6.07) is 5.14. The normalized spacial score (nSPS) is 11.5. The molecular weight excluding hydrogens is 220 g/mol. The van der Waals surface area contributed by atoms with Crippen LogP contribution in [0.3, 0.4) is 0 Å². The monoisotopic (exact) mass is 238 g/mol. The summed E-state index contributed by atoms with van der Waals surface area (Å²) < 4.78 is 0. The van der Waals surface area contributed by atoms with Gasteiger partial charge in [-0.25, -0.2) is 0 Å². The molecule has 0 bridgehead atoms. The van der Waals surface area contributed by atoms with Crippen molar-refractivity contribution in [1.82, 2.24) is 5.32 Å². The summed E-state index contributed by atoms with van der Waals surface area (Å²) in [6.07, 6.45) is 0. The van der Waals surface area contributed by atoms with Crippen LogP contribution in [0.2, 0.25) is 0 Å². The Bertz CT molecular complexity index is 411. The number of rotatable bonds is 5. The molecule has 0 amide bonds. The summed E-state index contributed by atoms with van der Waals surface area (Å²) in [4.78, 5) is 10.4. The third-order valence-corrected chi connectivity index (χ3v) is 2.36. The Labute approximate surface area is 101 Å². The maximum atomic E-state index is 10.8. The number of aryl methyl sites for hydroxylation is 1. The first-order chi connectivity index (χ1) is 7.79. The fourth-order valence-electron chi connectivity index (χ4n) is 1.47. The molecule has 0 heterocycles. The molecule has 17 heavy (non-hydrogen) atoms. The first kappa shape index (κ1) is 13.6. The highest BCUT2D eigenvalue weighted by molar-refractivity contribution is 5.42. The van der Waals surface area contributed by atoms with Crippen molar-refractivity contribution in [2.24, 2.45) is 0 Å². The molecule has 0 aliphatic carbocycles. The molecule has 0 unspecified atom stereocenters. The van der Waals surface area contributed by atoms with E-state index < -0.39 is 5.60 Å². The number of nitro benzene ring substituents is 1. The molecule has 0 aromatic heterocycles. The van der Waals surface area contributed by atoms with E-state index in [4.69, 9.17) is 0 Å². The van der Waals surface area contributed by atoms with Crippen LogP contribution in [0.5, 0.6) is 0 Å². The molecule has 0 saturated carbocycles. The standard InChI is InChI=1S/C12H18N2O3/c1-9-4-5-10(6-11(9)14(16)17)7-13-8-12(2,3)15/h4-6,13,15H,7-8H2,1-3H3. The summed E-state index contributed by atoms with van der Waals surface area (Å²) in [6.45, 7) is 6.07. The van der Waals surface area contributed by atoms with Crippen molar-refractivity contribution >= 4 is 5.69 Å². The number of hydrogen-bond donors (Lipinski definition) is 2. The Kier molecular flexibility index (Phi) is 4.20. The van der Waals surface area contributed by atoms with E-state index in [1.54, 1.807) is 32.9 Å². The Morgan fingerprint density at radius 1 is 1.47 bits per heavy atom. The van der Waals surface area contributed by atoms with Crippen LogP contribution < -0.4 is 5.32 Å². The van der Waals surface area contributed by atoms with Gasteiger partial charge >= 0.3 is 0 Å². The van der Waals surface area contributed by atoms with Gasteiger partial charge in [-0.2, -0.15) is 0 Å². The van der Waals surface area contributed by atoms with Crippen LogP contribution in [0.15, 0.2) is 18.2 Å². The van der Waals surface area contributed by atoms with Crippen molar-refractivity contribution in [3.05, 3.63) is 39.4 Å². The molecule has 0 aliphatic heterocycles. The van der Waals surface area contributed by atoms with Crippen molar-refractivity contribution in [2.45, 2.75) is 32.9 Å². The Balaban J connectivity index is 2.67. The van der Waals surface area contributed by atoms with Gasteiger partial charge in [-0.05, 0) is 26.3 Å². The van der Waals surface area contributed by atoms with Crippen LogP contribution >= 0.6 is 0 Å². The predicted octanol–water partition coefficient (Wildman–Crippen LogP) is 1.76. The van der Waals surface area contributed by atoms with Gasteiger partial charge in [-0.1, -0.05) is 12.1 Å². The van der Waals surface area contributed by atoms with E-state index in [1.807, 2.05) is 6.07 Å². The van der Waals surface area contributed by atoms with Crippen LogP contribution in [0.25, 0.3) is 0 Å². The van der Waals surface area contributed by atoms with Gasteiger partial charge in [0.25, 0.3) is 5.69 Å². The zero-order valence-corrected chi connectivity index (χ0v) is 10.4. The van der Waals surface area contributed by atoms with Crippen molar-refractivity contribution in [1.29, 1.82) is 0 Å². The van der Waals surface area contributed by atoms with E-state index in [2.05, 4.69) is 5.32 Å². The summed E-state index contributed by atoms with van der Waals surface area (Å²) in [7, 11) is 0. The van der Waals surface area contributed by atoms with E-state index >= 15 is 0 Å². The maximum Gasteiger partial charge on any atom is 0.272 e. The first-order valence-electron chi connectivity index (χ1n) is 5.46. The zero-order chi connectivity index (χ0) is 13.1. The summed E-state index contributed by atoms with van der Waals surface area (Å²) in [5.41, 5.74) is 0.844. The van der Waals surface area contributed by atoms with Gasteiger partial charge in [-0.15, -0.1) is 0 Å². The second kappa shape index (κ2) is 5.25.